The second-order valence-corrected chi connectivity index (χ2v) is 5.08. The smallest absolute Gasteiger partial charge is 0.320 e. The number of hydrogen-bond donors (Lipinski definition) is 3. The molecule has 0 radical (unpaired) electrons. The van der Waals surface area contributed by atoms with Gasteiger partial charge in [0.2, 0.25) is 5.91 Å². The van der Waals surface area contributed by atoms with E-state index in [9.17, 15) is 9.59 Å². The summed E-state index contributed by atoms with van der Waals surface area (Å²) in [4.78, 5) is 27.5. The highest BCUT2D eigenvalue weighted by atomic mass is 16.2. The average molecular weight is 336 g/mol. The molecule has 8 heteroatoms. The van der Waals surface area contributed by atoms with Gasteiger partial charge in [0.15, 0.2) is 5.82 Å². The summed E-state index contributed by atoms with van der Waals surface area (Å²) in [5, 5.41) is 11.9. The van der Waals surface area contributed by atoms with Gasteiger partial charge in [0, 0.05) is 18.5 Å². The molecule has 0 bridgehead atoms. The molecule has 0 aliphatic rings. The molecule has 0 atom stereocenters. The highest BCUT2D eigenvalue weighted by molar-refractivity contribution is 5.96. The highest BCUT2D eigenvalue weighted by Gasteiger charge is 2.08. The number of carbonyl (C=O) groups is 2. The molecule has 0 fully saturated rings. The van der Waals surface area contributed by atoms with E-state index in [1.807, 2.05) is 30.3 Å². The van der Waals surface area contributed by atoms with Gasteiger partial charge in [-0.05, 0) is 24.3 Å². The Morgan fingerprint density at radius 3 is 2.60 bits per heavy atom. The van der Waals surface area contributed by atoms with Gasteiger partial charge in [0.05, 0.1) is 24.1 Å². The second-order valence-electron chi connectivity index (χ2n) is 5.08. The van der Waals surface area contributed by atoms with Crippen LogP contribution in [0.25, 0.3) is 5.69 Å². The number of urea groups is 1. The van der Waals surface area contributed by atoms with Crippen LogP contribution in [0, 0.1) is 0 Å². The number of amides is 3. The Morgan fingerprint density at radius 1 is 1.00 bits per heavy atom. The molecule has 25 heavy (non-hydrogen) atoms. The van der Waals surface area contributed by atoms with Gasteiger partial charge in [-0.1, -0.05) is 18.2 Å². The Balaban J connectivity index is 1.48. The number of para-hydroxylation sites is 1. The fourth-order valence-corrected chi connectivity index (χ4v) is 2.08. The molecule has 3 amide bonds. The highest BCUT2D eigenvalue weighted by Crippen LogP contribution is 2.09. The predicted molar refractivity (Wildman–Crippen MR) is 93.5 cm³/mol. The summed E-state index contributed by atoms with van der Waals surface area (Å²) in [5.74, 6) is 0.0342. The van der Waals surface area contributed by atoms with Crippen molar-refractivity contribution in [3.05, 3.63) is 67.1 Å². The molecular weight excluding hydrogens is 320 g/mol. The third-order valence-electron chi connectivity index (χ3n) is 3.21. The van der Waals surface area contributed by atoms with Crippen molar-refractivity contribution in [3.8, 4) is 5.69 Å². The summed E-state index contributed by atoms with van der Waals surface area (Å²) in [5.41, 5.74) is 1.45. The lowest BCUT2D eigenvalue weighted by Gasteiger charge is -2.07. The Bertz CT molecular complexity index is 848. The normalized spacial score (nSPS) is 10.1. The van der Waals surface area contributed by atoms with Gasteiger partial charge in [-0.3, -0.25) is 15.1 Å². The van der Waals surface area contributed by atoms with Crippen molar-refractivity contribution >= 4 is 23.4 Å². The first-order valence-corrected chi connectivity index (χ1v) is 7.56. The number of rotatable bonds is 5. The zero-order chi connectivity index (χ0) is 17.5. The molecular formula is C17H16N6O2. The molecule has 3 N–H and O–H groups in total. The van der Waals surface area contributed by atoms with Gasteiger partial charge in [0.1, 0.15) is 0 Å². The molecule has 8 nitrogen and oxygen atoms in total. The fraction of sp³-hybridized carbons (Fsp3) is 0.0588. The van der Waals surface area contributed by atoms with Crippen LogP contribution in [0.2, 0.25) is 0 Å². The maximum absolute atomic E-state index is 11.9. The van der Waals surface area contributed by atoms with Gasteiger partial charge < -0.3 is 10.6 Å². The largest absolute Gasteiger partial charge is 0.329 e. The van der Waals surface area contributed by atoms with Crippen molar-refractivity contribution in [3.63, 3.8) is 0 Å². The lowest BCUT2D eigenvalue weighted by Crippen LogP contribution is -2.35. The van der Waals surface area contributed by atoms with Crippen molar-refractivity contribution in [2.45, 2.75) is 0 Å². The first-order chi connectivity index (χ1) is 12.2. The number of hydrogen-bond acceptors (Lipinski definition) is 4. The van der Waals surface area contributed by atoms with Crippen LogP contribution in [-0.4, -0.2) is 33.2 Å². The topological polar surface area (TPSA) is 101 Å². The molecule has 3 aromatic rings. The minimum atomic E-state index is -0.514. The zero-order valence-electron chi connectivity index (χ0n) is 13.2. The number of nitrogens with one attached hydrogen (secondary N) is 3. The fourth-order valence-electron chi connectivity index (χ4n) is 2.08. The molecule has 0 saturated heterocycles. The third kappa shape index (κ3) is 4.64. The predicted octanol–water partition coefficient (Wildman–Crippen LogP) is 2.03. The molecule has 2 heterocycles. The van der Waals surface area contributed by atoms with Crippen LogP contribution < -0.4 is 16.0 Å². The van der Waals surface area contributed by atoms with Gasteiger partial charge in [0.25, 0.3) is 0 Å². The van der Waals surface area contributed by atoms with E-state index in [1.54, 1.807) is 35.3 Å². The first kappa shape index (κ1) is 16.2. The SMILES string of the molecule is O=C(CNC(=O)Nc1ccn(-c2ccccc2)n1)Nc1cccnc1. The van der Waals surface area contributed by atoms with Crippen molar-refractivity contribution < 1.29 is 9.59 Å². The van der Waals surface area contributed by atoms with Crippen LogP contribution in [0.3, 0.4) is 0 Å². The third-order valence-corrected chi connectivity index (χ3v) is 3.21. The minimum Gasteiger partial charge on any atom is -0.329 e. The Morgan fingerprint density at radius 2 is 1.84 bits per heavy atom. The second kappa shape index (κ2) is 7.73. The summed E-state index contributed by atoms with van der Waals surface area (Å²) in [6, 6.07) is 14.1. The summed E-state index contributed by atoms with van der Waals surface area (Å²) in [7, 11) is 0. The maximum atomic E-state index is 11.9. The molecule has 0 aliphatic heterocycles. The Hall–Kier alpha value is -3.68. The number of pyridine rings is 1. The van der Waals surface area contributed by atoms with Gasteiger partial charge in [-0.2, -0.15) is 0 Å². The summed E-state index contributed by atoms with van der Waals surface area (Å²) in [6.07, 6.45) is 4.87. The van der Waals surface area contributed by atoms with E-state index in [0.717, 1.165) is 5.69 Å². The molecule has 0 unspecified atom stereocenters. The van der Waals surface area contributed by atoms with Crippen LogP contribution in [0.4, 0.5) is 16.3 Å². The van der Waals surface area contributed by atoms with E-state index in [0.29, 0.717) is 11.5 Å². The van der Waals surface area contributed by atoms with Gasteiger partial charge in [-0.15, -0.1) is 5.10 Å². The molecule has 3 rings (SSSR count). The van der Waals surface area contributed by atoms with E-state index < -0.39 is 6.03 Å². The monoisotopic (exact) mass is 336 g/mol. The molecule has 2 aromatic heterocycles. The van der Waals surface area contributed by atoms with Crippen molar-refractivity contribution in [1.82, 2.24) is 20.1 Å². The van der Waals surface area contributed by atoms with Crippen molar-refractivity contribution in [1.29, 1.82) is 0 Å². The first-order valence-electron chi connectivity index (χ1n) is 7.56. The van der Waals surface area contributed by atoms with Crippen LogP contribution in [0.15, 0.2) is 67.1 Å². The molecule has 126 valence electrons. The minimum absolute atomic E-state index is 0.167. The quantitative estimate of drug-likeness (QED) is 0.663. The standard InChI is InChI=1S/C17H16N6O2/c24-16(20-13-5-4-9-18-11-13)12-19-17(25)21-15-8-10-23(22-15)14-6-2-1-3-7-14/h1-11H,12H2,(H,20,24)(H2,19,21,22,25). The van der Waals surface area contributed by atoms with E-state index in [4.69, 9.17) is 0 Å². The molecule has 0 spiro atoms. The Kier molecular flexibility index (Phi) is 5.01. The van der Waals surface area contributed by atoms with E-state index in [1.165, 1.54) is 6.20 Å². The summed E-state index contributed by atoms with van der Waals surface area (Å²) < 4.78 is 1.64. The molecule has 0 saturated carbocycles. The van der Waals surface area contributed by atoms with Crippen LogP contribution >= 0.6 is 0 Å². The van der Waals surface area contributed by atoms with Crippen molar-refractivity contribution in [2.75, 3.05) is 17.2 Å². The lowest BCUT2D eigenvalue weighted by molar-refractivity contribution is -0.115. The number of anilines is 2. The number of nitrogens with zero attached hydrogens (tertiary/aromatic N) is 3. The summed E-state index contributed by atoms with van der Waals surface area (Å²) >= 11 is 0. The van der Waals surface area contributed by atoms with Crippen LogP contribution in [0.1, 0.15) is 0 Å². The number of aromatic nitrogens is 3. The van der Waals surface area contributed by atoms with Crippen LogP contribution in [-0.2, 0) is 4.79 Å². The van der Waals surface area contributed by atoms with Crippen LogP contribution in [0.5, 0.6) is 0 Å². The van der Waals surface area contributed by atoms with E-state index in [2.05, 4.69) is 26.0 Å². The maximum Gasteiger partial charge on any atom is 0.320 e. The van der Waals surface area contributed by atoms with Gasteiger partial charge >= 0.3 is 6.03 Å². The van der Waals surface area contributed by atoms with Crippen molar-refractivity contribution in [2.24, 2.45) is 0 Å². The lowest BCUT2D eigenvalue weighted by atomic mass is 10.3. The van der Waals surface area contributed by atoms with E-state index in [-0.39, 0.29) is 12.5 Å². The zero-order valence-corrected chi connectivity index (χ0v) is 13.2. The average Bonchev–Trinajstić information content (AvgIpc) is 3.10. The number of carbonyl (C=O) groups excluding carboxylic acids is 2. The molecule has 0 aliphatic carbocycles. The summed E-state index contributed by atoms with van der Waals surface area (Å²) in [6.45, 7) is -0.167. The van der Waals surface area contributed by atoms with Gasteiger partial charge in [-0.25, -0.2) is 9.48 Å². The molecule has 1 aromatic carbocycles. The van der Waals surface area contributed by atoms with E-state index >= 15 is 0 Å². The number of benzene rings is 1. The Labute approximate surface area is 143 Å².